The molecule has 0 aliphatic heterocycles. The monoisotopic (exact) mass is 1150 g/mol. The van der Waals surface area contributed by atoms with E-state index in [9.17, 15) is 94.5 Å². The fourth-order valence-electron chi connectivity index (χ4n) is 6.89. The number of halogens is 18. The average Bonchev–Trinajstić information content (AvgIpc) is 3.68. The van der Waals surface area contributed by atoms with Crippen LogP contribution in [-0.2, 0) is 47.9 Å². The number of carbonyl (C=O) groups is 4. The van der Waals surface area contributed by atoms with E-state index in [0.717, 1.165) is 61.6 Å². The summed E-state index contributed by atoms with van der Waals surface area (Å²) in [5, 5.41) is 27.0. The van der Waals surface area contributed by atoms with Crippen LogP contribution < -0.4 is 16.4 Å². The number of hydrogen-bond acceptors (Lipinski definition) is 10. The quantitative estimate of drug-likeness (QED) is 0.0859. The first-order chi connectivity index (χ1) is 33.8. The molecule has 2 saturated carbocycles. The van der Waals surface area contributed by atoms with E-state index < -0.39 is 105 Å². The molecule has 74 heavy (non-hydrogen) atoms. The Morgan fingerprint density at radius 1 is 0.622 bits per heavy atom. The molecule has 0 atom stereocenters. The standard InChI is InChI=1S/C19H13ClF8N6O2S.C19H12ClF8N5O3S/c1-33-14(10(18(23,24)25)11(32-33)17(21,22)19(26,27)28)34-6-7(5-30-34)9-4-8(12(20)37-9)13(35)31-16(2-3-16)15(29)36;1-32-14(10(18(23,24)25)11(31-32)17(21,22)19(26,27)28)33-6-7(5-29-33)9-4-8(12(20)37-9)13(34)30-16(2-3-16)15(35)36/h4-6H,2-3H2,1H3,(H2,29,36)(H,31,35);4-6H,2-3H2,1H3,(H,30,34)(H,35,36). The number of aryl methyl sites for hydroxylation is 2. The molecule has 6 aromatic heterocycles. The predicted octanol–water partition coefficient (Wildman–Crippen LogP) is 9.42. The molecule has 0 bridgehead atoms. The third-order valence-corrected chi connectivity index (χ3v) is 13.8. The highest BCUT2D eigenvalue weighted by Crippen LogP contribution is 2.51. The zero-order valence-electron chi connectivity index (χ0n) is 36.1. The lowest BCUT2D eigenvalue weighted by Gasteiger charge is -2.19. The van der Waals surface area contributed by atoms with Gasteiger partial charge in [-0.2, -0.15) is 90.6 Å². The Morgan fingerprint density at radius 3 is 1.24 bits per heavy atom. The van der Waals surface area contributed by atoms with Crippen LogP contribution in [0.5, 0.6) is 0 Å². The van der Waals surface area contributed by atoms with Gasteiger partial charge in [-0.3, -0.25) is 14.4 Å². The van der Waals surface area contributed by atoms with Crippen LogP contribution in [0.3, 0.4) is 0 Å². The number of rotatable bonds is 12. The lowest BCUT2D eigenvalue weighted by atomic mass is 10.1. The fourth-order valence-corrected chi connectivity index (χ4v) is 9.38. The molecule has 8 rings (SSSR count). The van der Waals surface area contributed by atoms with E-state index in [-0.39, 0.29) is 62.9 Å². The van der Waals surface area contributed by atoms with Crippen LogP contribution in [0.1, 0.15) is 68.9 Å². The summed E-state index contributed by atoms with van der Waals surface area (Å²) in [6.45, 7) is 0. The Balaban J connectivity index is 0.000000216. The van der Waals surface area contributed by atoms with Crippen LogP contribution in [0.25, 0.3) is 32.5 Å². The molecule has 0 unspecified atom stereocenters. The number of carboxylic acid groups (broad SMARTS) is 1. The summed E-state index contributed by atoms with van der Waals surface area (Å²) in [6, 6.07) is 2.46. The smallest absolute Gasteiger partial charge is 0.459 e. The number of nitrogens with two attached hydrogens (primary N) is 1. The predicted molar refractivity (Wildman–Crippen MR) is 223 cm³/mol. The van der Waals surface area contributed by atoms with Gasteiger partial charge >= 0.3 is 42.5 Å². The molecular formula is C38H25Cl2F16N11O5S2. The van der Waals surface area contributed by atoms with Gasteiger partial charge in [0.2, 0.25) is 5.91 Å². The van der Waals surface area contributed by atoms with Gasteiger partial charge in [-0.05, 0) is 37.8 Å². The largest absolute Gasteiger partial charge is 0.480 e. The Bertz CT molecular complexity index is 3020. The van der Waals surface area contributed by atoms with Crippen molar-refractivity contribution in [1.82, 2.24) is 49.8 Å². The number of amides is 3. The van der Waals surface area contributed by atoms with E-state index in [4.69, 9.17) is 28.9 Å². The summed E-state index contributed by atoms with van der Waals surface area (Å²) in [5.41, 5.74) is -7.19. The molecule has 2 aliphatic carbocycles. The van der Waals surface area contributed by atoms with E-state index in [2.05, 4.69) is 31.0 Å². The summed E-state index contributed by atoms with van der Waals surface area (Å²) >= 11 is 13.8. The van der Waals surface area contributed by atoms with Crippen LogP contribution in [0, 0.1) is 0 Å². The number of nitrogens with zero attached hydrogens (tertiary/aromatic N) is 8. The third-order valence-electron chi connectivity index (χ3n) is 11.0. The van der Waals surface area contributed by atoms with Crippen LogP contribution in [0.2, 0.25) is 8.67 Å². The molecule has 2 fully saturated rings. The van der Waals surface area contributed by atoms with E-state index in [0.29, 0.717) is 22.2 Å². The van der Waals surface area contributed by atoms with Crippen LogP contribution in [0.4, 0.5) is 70.2 Å². The normalized spacial score (nSPS) is 15.6. The molecule has 0 saturated heterocycles. The first-order valence-corrected chi connectivity index (χ1v) is 22.2. The van der Waals surface area contributed by atoms with E-state index in [1.165, 1.54) is 12.1 Å². The lowest BCUT2D eigenvalue weighted by molar-refractivity contribution is -0.292. The minimum absolute atomic E-state index is 0.0313. The van der Waals surface area contributed by atoms with Crippen LogP contribution in [-0.4, -0.2) is 91.3 Å². The second-order valence-electron chi connectivity index (χ2n) is 16.2. The van der Waals surface area contributed by atoms with E-state index >= 15 is 0 Å². The van der Waals surface area contributed by atoms with Crippen molar-refractivity contribution < 1.29 is 94.5 Å². The molecule has 16 nitrogen and oxygen atoms in total. The Morgan fingerprint density at radius 2 is 0.959 bits per heavy atom. The minimum atomic E-state index is -6.35. The molecule has 5 N–H and O–H groups in total. The number of primary amides is 1. The molecule has 0 spiro atoms. The van der Waals surface area contributed by atoms with Crippen molar-refractivity contribution in [1.29, 1.82) is 0 Å². The van der Waals surface area contributed by atoms with Gasteiger partial charge in [-0.1, -0.05) is 23.2 Å². The Kier molecular flexibility index (Phi) is 13.6. The number of hydrogen-bond donors (Lipinski definition) is 4. The second kappa shape index (κ2) is 18.2. The maximum Gasteiger partial charge on any atom is 0.459 e. The second-order valence-corrected chi connectivity index (χ2v) is 19.5. The fraction of sp³-hybridized carbons (Fsp3) is 0.368. The molecule has 6 heterocycles. The van der Waals surface area contributed by atoms with Crippen molar-refractivity contribution in [3.63, 3.8) is 0 Å². The summed E-state index contributed by atoms with van der Waals surface area (Å²) in [5.74, 6) is -17.8. The van der Waals surface area contributed by atoms with Crippen LogP contribution >= 0.6 is 45.9 Å². The molecule has 2 aliphatic rings. The van der Waals surface area contributed by atoms with Gasteiger partial charge in [0.15, 0.2) is 23.0 Å². The zero-order chi connectivity index (χ0) is 55.4. The van der Waals surface area contributed by atoms with Gasteiger partial charge in [-0.15, -0.1) is 22.7 Å². The van der Waals surface area contributed by atoms with Crippen molar-refractivity contribution in [2.24, 2.45) is 19.8 Å². The number of aliphatic carboxylic acids is 1. The number of nitrogens with one attached hydrogen (secondary N) is 2. The summed E-state index contributed by atoms with van der Waals surface area (Å²) < 4.78 is 216. The highest BCUT2D eigenvalue weighted by Gasteiger charge is 2.65. The third kappa shape index (κ3) is 9.98. The van der Waals surface area contributed by atoms with Gasteiger partial charge in [0, 0.05) is 47.4 Å². The first-order valence-electron chi connectivity index (χ1n) is 19.8. The average molecular weight is 1150 g/mol. The molecule has 400 valence electrons. The molecule has 6 aromatic rings. The van der Waals surface area contributed by atoms with Crippen molar-refractivity contribution in [3.8, 4) is 32.5 Å². The number of aromatic nitrogens is 8. The number of alkyl halides is 16. The number of carbonyl (C=O) groups excluding carboxylic acids is 3. The minimum Gasteiger partial charge on any atom is -0.480 e. The highest BCUT2D eigenvalue weighted by atomic mass is 35.5. The molecule has 36 heteroatoms. The van der Waals surface area contributed by atoms with E-state index in [1.807, 2.05) is 0 Å². The number of thiophene rings is 2. The zero-order valence-corrected chi connectivity index (χ0v) is 39.3. The molecule has 0 aromatic carbocycles. The topological polar surface area (TPSA) is 210 Å². The van der Waals surface area contributed by atoms with Crippen LogP contribution in [0.15, 0.2) is 36.9 Å². The van der Waals surface area contributed by atoms with Gasteiger partial charge in [-0.25, -0.2) is 23.5 Å². The SMILES string of the molecule is Cn1nc(C(F)(F)C(F)(F)F)c(C(F)(F)F)c1-n1cc(-c2cc(C(=O)NC3(C(=O)O)CC3)c(Cl)s2)cn1.Cn1nc(C(F)(F)C(F)(F)F)c(C(F)(F)F)c1-n1cc(-c2cc(C(=O)NC3(C(N)=O)CC3)c(Cl)s2)cn1. The maximum absolute atomic E-state index is 13.9. The summed E-state index contributed by atoms with van der Waals surface area (Å²) in [4.78, 5) is 48.2. The summed E-state index contributed by atoms with van der Waals surface area (Å²) in [6.07, 6.45) is -19.2. The van der Waals surface area contributed by atoms with Crippen molar-refractivity contribution >= 4 is 69.6 Å². The van der Waals surface area contributed by atoms with Crippen molar-refractivity contribution in [2.75, 3.05) is 0 Å². The van der Waals surface area contributed by atoms with Crippen molar-refractivity contribution in [3.05, 3.63) is 79.2 Å². The van der Waals surface area contributed by atoms with Gasteiger partial charge in [0.1, 0.15) is 30.9 Å². The lowest BCUT2D eigenvalue weighted by Crippen LogP contribution is -2.46. The van der Waals surface area contributed by atoms with Gasteiger partial charge in [0.25, 0.3) is 11.8 Å². The summed E-state index contributed by atoms with van der Waals surface area (Å²) in [7, 11) is 1.49. The highest BCUT2D eigenvalue weighted by molar-refractivity contribution is 7.20. The van der Waals surface area contributed by atoms with Gasteiger partial charge < -0.3 is 21.5 Å². The molecule has 3 amide bonds. The van der Waals surface area contributed by atoms with E-state index in [1.54, 1.807) is 0 Å². The molecular weight excluding hydrogens is 1130 g/mol. The maximum atomic E-state index is 13.9. The van der Waals surface area contributed by atoms with Gasteiger partial charge in [0.05, 0.1) is 23.5 Å². The Labute approximate surface area is 417 Å². The number of carboxylic acids is 1. The first kappa shape index (κ1) is 55.3. The van der Waals surface area contributed by atoms with Crippen molar-refractivity contribution in [2.45, 2.75) is 73.3 Å². The molecule has 0 radical (unpaired) electrons. The Hall–Kier alpha value is -6.42.